The van der Waals surface area contributed by atoms with E-state index in [-0.39, 0.29) is 31.1 Å². The van der Waals surface area contributed by atoms with Crippen molar-refractivity contribution in [2.24, 2.45) is 0 Å². The molecule has 114 valence electrons. The van der Waals surface area contributed by atoms with E-state index < -0.39 is 5.97 Å². The molecule has 1 aromatic carbocycles. The summed E-state index contributed by atoms with van der Waals surface area (Å²) in [5.41, 5.74) is 1.15. The number of carbonyl (C=O) groups is 3. The van der Waals surface area contributed by atoms with Crippen molar-refractivity contribution < 1.29 is 19.5 Å². The molecule has 3 N–H and O–H groups in total. The molecule has 0 heterocycles. The lowest BCUT2D eigenvalue weighted by Crippen LogP contribution is -2.25. The Bertz CT molecular complexity index is 514. The first-order chi connectivity index (χ1) is 10.0. The van der Waals surface area contributed by atoms with E-state index in [1.165, 1.54) is 0 Å². The zero-order chi connectivity index (χ0) is 15.7. The number of amides is 2. The van der Waals surface area contributed by atoms with Crippen molar-refractivity contribution in [3.63, 3.8) is 0 Å². The van der Waals surface area contributed by atoms with Gasteiger partial charge in [0.05, 0.1) is 6.42 Å². The molecule has 6 heteroatoms. The molecule has 0 saturated carbocycles. The van der Waals surface area contributed by atoms with Gasteiger partial charge in [0.25, 0.3) is 0 Å². The predicted octanol–water partition coefficient (Wildman–Crippen LogP) is 1.56. The first kappa shape index (κ1) is 16.7. The first-order valence-electron chi connectivity index (χ1n) is 6.88. The molecule has 0 spiro atoms. The van der Waals surface area contributed by atoms with Crippen LogP contribution in [0.2, 0.25) is 0 Å². The molecule has 0 saturated heterocycles. The number of aliphatic carboxylic acids is 1. The smallest absolute Gasteiger partial charge is 0.307 e. The topological polar surface area (TPSA) is 95.5 Å². The van der Waals surface area contributed by atoms with E-state index in [1.54, 1.807) is 24.3 Å². The Kier molecular flexibility index (Phi) is 6.94. The maximum absolute atomic E-state index is 11.7. The third-order valence-electron chi connectivity index (χ3n) is 2.72. The number of carbonyl (C=O) groups excluding carboxylic acids is 2. The van der Waals surface area contributed by atoms with Crippen LogP contribution in [0.1, 0.15) is 31.7 Å². The van der Waals surface area contributed by atoms with Crippen LogP contribution in [-0.4, -0.2) is 29.4 Å². The van der Waals surface area contributed by atoms with E-state index >= 15 is 0 Å². The van der Waals surface area contributed by atoms with Crippen molar-refractivity contribution >= 4 is 23.5 Å². The van der Waals surface area contributed by atoms with Crippen molar-refractivity contribution in [2.75, 3.05) is 11.9 Å². The quantitative estimate of drug-likeness (QED) is 0.677. The number of carboxylic acids is 1. The Morgan fingerprint density at radius 3 is 2.52 bits per heavy atom. The van der Waals surface area contributed by atoms with Gasteiger partial charge in [-0.1, -0.05) is 19.1 Å². The molecule has 0 aliphatic carbocycles. The Labute approximate surface area is 123 Å². The minimum absolute atomic E-state index is 0.0941. The van der Waals surface area contributed by atoms with Gasteiger partial charge in [-0.2, -0.15) is 0 Å². The number of hydrogen-bond acceptors (Lipinski definition) is 3. The van der Waals surface area contributed by atoms with Gasteiger partial charge in [-0.15, -0.1) is 0 Å². The molecule has 0 radical (unpaired) electrons. The number of rotatable bonds is 8. The van der Waals surface area contributed by atoms with Crippen LogP contribution in [0.3, 0.4) is 0 Å². The van der Waals surface area contributed by atoms with Gasteiger partial charge >= 0.3 is 5.97 Å². The lowest BCUT2D eigenvalue weighted by atomic mass is 10.1. The average molecular weight is 292 g/mol. The molecule has 0 aliphatic heterocycles. The highest BCUT2D eigenvalue weighted by molar-refractivity contribution is 5.93. The van der Waals surface area contributed by atoms with Gasteiger partial charge in [-0.25, -0.2) is 0 Å². The molecule has 1 rings (SSSR count). The molecule has 0 aromatic heterocycles. The number of benzene rings is 1. The van der Waals surface area contributed by atoms with Crippen LogP contribution in [0.25, 0.3) is 0 Å². The van der Waals surface area contributed by atoms with Crippen LogP contribution in [0, 0.1) is 0 Å². The van der Waals surface area contributed by atoms with Crippen molar-refractivity contribution in [3.8, 4) is 0 Å². The number of carboxylic acid groups (broad SMARTS) is 1. The summed E-state index contributed by atoms with van der Waals surface area (Å²) in [6.07, 6.45) is 0.997. The summed E-state index contributed by atoms with van der Waals surface area (Å²) in [5, 5.41) is 14.1. The van der Waals surface area contributed by atoms with E-state index in [0.717, 1.165) is 6.42 Å². The Hall–Kier alpha value is -2.37. The zero-order valence-electron chi connectivity index (χ0n) is 12.0. The van der Waals surface area contributed by atoms with Crippen LogP contribution in [0.15, 0.2) is 24.3 Å². The number of nitrogens with one attached hydrogen (secondary N) is 2. The van der Waals surface area contributed by atoms with Gasteiger partial charge in [0.1, 0.15) is 0 Å². The lowest BCUT2D eigenvalue weighted by Gasteiger charge is -2.07. The van der Waals surface area contributed by atoms with Crippen LogP contribution >= 0.6 is 0 Å². The maximum atomic E-state index is 11.7. The van der Waals surface area contributed by atoms with Crippen molar-refractivity contribution in [1.82, 2.24) is 5.32 Å². The third kappa shape index (κ3) is 7.10. The first-order valence-corrected chi connectivity index (χ1v) is 6.88. The second-order valence-corrected chi connectivity index (χ2v) is 4.67. The summed E-state index contributed by atoms with van der Waals surface area (Å²) < 4.78 is 0. The van der Waals surface area contributed by atoms with E-state index in [4.69, 9.17) is 5.11 Å². The molecule has 0 aliphatic rings. The standard InChI is InChI=1S/C15H20N2O4/c1-2-8-16-13(18)6-7-14(19)17-12-5-3-4-11(9-12)10-15(20)21/h3-5,9H,2,6-8,10H2,1H3,(H,16,18)(H,17,19)(H,20,21). The van der Waals surface area contributed by atoms with E-state index in [1.807, 2.05) is 6.92 Å². The van der Waals surface area contributed by atoms with Crippen molar-refractivity contribution in [1.29, 1.82) is 0 Å². The third-order valence-corrected chi connectivity index (χ3v) is 2.72. The van der Waals surface area contributed by atoms with Gasteiger partial charge in [0, 0.05) is 25.1 Å². The molecule has 0 bridgehead atoms. The van der Waals surface area contributed by atoms with E-state index in [9.17, 15) is 14.4 Å². The van der Waals surface area contributed by atoms with Crippen molar-refractivity contribution in [2.45, 2.75) is 32.6 Å². The van der Waals surface area contributed by atoms with Gasteiger partial charge < -0.3 is 15.7 Å². The van der Waals surface area contributed by atoms with E-state index in [2.05, 4.69) is 10.6 Å². The van der Waals surface area contributed by atoms with Gasteiger partial charge in [0.2, 0.25) is 11.8 Å². The summed E-state index contributed by atoms with van der Waals surface area (Å²) in [7, 11) is 0. The molecular formula is C15H20N2O4. The van der Waals surface area contributed by atoms with Gasteiger partial charge in [0.15, 0.2) is 0 Å². The molecular weight excluding hydrogens is 272 g/mol. The molecule has 2 amide bonds. The Morgan fingerprint density at radius 1 is 1.14 bits per heavy atom. The minimum Gasteiger partial charge on any atom is -0.481 e. The normalized spacial score (nSPS) is 9.95. The number of hydrogen-bond donors (Lipinski definition) is 3. The van der Waals surface area contributed by atoms with E-state index in [0.29, 0.717) is 17.8 Å². The van der Waals surface area contributed by atoms with Gasteiger partial charge in [-0.3, -0.25) is 14.4 Å². The summed E-state index contributed by atoms with van der Waals surface area (Å²) in [4.78, 5) is 33.7. The summed E-state index contributed by atoms with van der Waals surface area (Å²) in [6.45, 7) is 2.56. The Morgan fingerprint density at radius 2 is 1.86 bits per heavy atom. The minimum atomic E-state index is -0.925. The van der Waals surface area contributed by atoms with Crippen LogP contribution in [-0.2, 0) is 20.8 Å². The van der Waals surface area contributed by atoms with Crippen molar-refractivity contribution in [3.05, 3.63) is 29.8 Å². The predicted molar refractivity (Wildman–Crippen MR) is 78.9 cm³/mol. The van der Waals surface area contributed by atoms with Crippen LogP contribution in [0.5, 0.6) is 0 Å². The molecule has 1 aromatic rings. The highest BCUT2D eigenvalue weighted by atomic mass is 16.4. The highest BCUT2D eigenvalue weighted by Gasteiger charge is 2.07. The summed E-state index contributed by atoms with van der Waals surface area (Å²) in [5.74, 6) is -1.34. The van der Waals surface area contributed by atoms with Crippen LogP contribution < -0.4 is 10.6 Å². The average Bonchev–Trinajstić information content (AvgIpc) is 2.42. The SMILES string of the molecule is CCCNC(=O)CCC(=O)Nc1cccc(CC(=O)O)c1. The van der Waals surface area contributed by atoms with Gasteiger partial charge in [-0.05, 0) is 24.1 Å². The molecule has 0 unspecified atom stereocenters. The number of anilines is 1. The largest absolute Gasteiger partial charge is 0.481 e. The summed E-state index contributed by atoms with van der Waals surface area (Å²) in [6, 6.07) is 6.66. The Balaban J connectivity index is 2.44. The molecule has 0 fully saturated rings. The lowest BCUT2D eigenvalue weighted by molar-refractivity contribution is -0.136. The second-order valence-electron chi connectivity index (χ2n) is 4.67. The fourth-order valence-corrected chi connectivity index (χ4v) is 1.74. The summed E-state index contributed by atoms with van der Waals surface area (Å²) >= 11 is 0. The second kappa shape index (κ2) is 8.73. The molecule has 6 nitrogen and oxygen atoms in total. The highest BCUT2D eigenvalue weighted by Crippen LogP contribution is 2.12. The zero-order valence-corrected chi connectivity index (χ0v) is 12.0. The fraction of sp³-hybridized carbons (Fsp3) is 0.400. The van der Waals surface area contributed by atoms with Crippen LogP contribution in [0.4, 0.5) is 5.69 Å². The molecule has 0 atom stereocenters. The fourth-order valence-electron chi connectivity index (χ4n) is 1.74. The maximum Gasteiger partial charge on any atom is 0.307 e. The molecule has 21 heavy (non-hydrogen) atoms. The monoisotopic (exact) mass is 292 g/mol.